The Labute approximate surface area is 142 Å². The minimum atomic E-state index is -0.227. The van der Waals surface area contributed by atoms with Crippen LogP contribution in [0.4, 0.5) is 0 Å². The van der Waals surface area contributed by atoms with E-state index in [0.717, 1.165) is 36.9 Å². The lowest BCUT2D eigenvalue weighted by atomic mass is 9.77. The van der Waals surface area contributed by atoms with Crippen molar-refractivity contribution < 1.29 is 4.79 Å². The third-order valence-corrected chi connectivity index (χ3v) is 4.88. The van der Waals surface area contributed by atoms with Crippen LogP contribution >= 0.6 is 0 Å². The van der Waals surface area contributed by atoms with Gasteiger partial charge >= 0.3 is 0 Å². The Hall–Kier alpha value is -2.54. The first-order chi connectivity index (χ1) is 11.6. The lowest BCUT2D eigenvalue weighted by Gasteiger charge is -2.27. The third kappa shape index (κ3) is 3.51. The monoisotopic (exact) mass is 319 g/mol. The lowest BCUT2D eigenvalue weighted by Crippen LogP contribution is -2.28. The van der Waals surface area contributed by atoms with Gasteiger partial charge in [0, 0.05) is 24.5 Å². The van der Waals surface area contributed by atoms with Crippen LogP contribution in [0.25, 0.3) is 0 Å². The molecule has 0 bridgehead atoms. The average Bonchev–Trinajstić information content (AvgIpc) is 3.04. The summed E-state index contributed by atoms with van der Waals surface area (Å²) >= 11 is 0. The summed E-state index contributed by atoms with van der Waals surface area (Å²) in [7, 11) is 0. The van der Waals surface area contributed by atoms with Gasteiger partial charge in [-0.15, -0.1) is 0 Å². The van der Waals surface area contributed by atoms with E-state index in [9.17, 15) is 4.79 Å². The maximum absolute atomic E-state index is 12.7. The number of Topliss-reactive ketones (excluding diaryl/α,β-unsaturated/α-hetero) is 1. The highest BCUT2D eigenvalue weighted by atomic mass is 16.1. The SMILES string of the molecule is Cc1cccc(CC(=O)CC2(c3ccnc(C#N)n3)CCCC2)c1. The van der Waals surface area contributed by atoms with Crippen LogP contribution in [0.5, 0.6) is 0 Å². The minimum absolute atomic E-state index is 0.185. The van der Waals surface area contributed by atoms with E-state index in [4.69, 9.17) is 5.26 Å². The molecule has 1 fully saturated rings. The van der Waals surface area contributed by atoms with Crippen LogP contribution < -0.4 is 0 Å². The van der Waals surface area contributed by atoms with Gasteiger partial charge in [-0.05, 0) is 31.4 Å². The number of carbonyl (C=O) groups is 1. The smallest absolute Gasteiger partial charge is 0.232 e. The van der Waals surface area contributed by atoms with Gasteiger partial charge in [-0.2, -0.15) is 5.26 Å². The molecule has 24 heavy (non-hydrogen) atoms. The second-order valence-corrected chi connectivity index (χ2v) is 6.75. The maximum Gasteiger partial charge on any atom is 0.232 e. The van der Waals surface area contributed by atoms with Crippen LogP contribution in [0, 0.1) is 18.3 Å². The number of benzene rings is 1. The zero-order chi connectivity index (χ0) is 17.0. The van der Waals surface area contributed by atoms with Crippen LogP contribution in [0.3, 0.4) is 0 Å². The standard InChI is InChI=1S/C20H21N3O/c1-15-5-4-6-16(11-15)12-17(24)13-20(8-2-3-9-20)18-7-10-22-19(14-21)23-18/h4-7,10-11H,2-3,8-9,12-13H2,1H3. The van der Waals surface area contributed by atoms with Gasteiger partial charge in [0.25, 0.3) is 0 Å². The molecule has 0 aliphatic heterocycles. The number of hydrogen-bond donors (Lipinski definition) is 0. The van der Waals surface area contributed by atoms with Gasteiger partial charge in [0.05, 0.1) is 5.69 Å². The second-order valence-electron chi connectivity index (χ2n) is 6.75. The molecule has 0 atom stereocenters. The van der Waals surface area contributed by atoms with Gasteiger partial charge in [-0.3, -0.25) is 4.79 Å². The Bertz CT molecular complexity index is 785. The largest absolute Gasteiger partial charge is 0.299 e. The van der Waals surface area contributed by atoms with Crippen molar-refractivity contribution in [2.75, 3.05) is 0 Å². The summed E-state index contributed by atoms with van der Waals surface area (Å²) in [6.07, 6.45) is 6.69. The summed E-state index contributed by atoms with van der Waals surface area (Å²) in [5, 5.41) is 9.05. The molecule has 0 N–H and O–H groups in total. The molecule has 1 aromatic heterocycles. The van der Waals surface area contributed by atoms with Crippen LogP contribution in [0.15, 0.2) is 36.5 Å². The van der Waals surface area contributed by atoms with Crippen molar-refractivity contribution in [2.45, 2.75) is 50.9 Å². The lowest BCUT2D eigenvalue weighted by molar-refractivity contribution is -0.119. The number of ketones is 1. The number of rotatable bonds is 5. The highest BCUT2D eigenvalue weighted by Gasteiger charge is 2.38. The number of aryl methyl sites for hydroxylation is 1. The van der Waals surface area contributed by atoms with E-state index in [1.165, 1.54) is 5.56 Å². The number of nitriles is 1. The first kappa shape index (κ1) is 16.3. The van der Waals surface area contributed by atoms with Crippen LogP contribution in [0.2, 0.25) is 0 Å². The van der Waals surface area contributed by atoms with E-state index in [0.29, 0.717) is 12.8 Å². The van der Waals surface area contributed by atoms with E-state index >= 15 is 0 Å². The predicted molar refractivity (Wildman–Crippen MR) is 91.4 cm³/mol. The molecule has 1 heterocycles. The molecule has 1 aliphatic carbocycles. The third-order valence-electron chi connectivity index (χ3n) is 4.88. The predicted octanol–water partition coefficient (Wildman–Crippen LogP) is 3.67. The fourth-order valence-corrected chi connectivity index (χ4v) is 3.77. The van der Waals surface area contributed by atoms with Crippen molar-refractivity contribution in [2.24, 2.45) is 0 Å². The van der Waals surface area contributed by atoms with Crippen molar-refractivity contribution >= 4 is 5.78 Å². The molecule has 2 aromatic rings. The van der Waals surface area contributed by atoms with Gasteiger partial charge in [-0.25, -0.2) is 9.97 Å². The summed E-state index contributed by atoms with van der Waals surface area (Å²) in [4.78, 5) is 21.1. The van der Waals surface area contributed by atoms with Crippen LogP contribution in [-0.2, 0) is 16.6 Å². The molecule has 0 amide bonds. The van der Waals surface area contributed by atoms with Gasteiger partial charge in [0.15, 0.2) is 0 Å². The van der Waals surface area contributed by atoms with E-state index in [1.54, 1.807) is 6.20 Å². The van der Waals surface area contributed by atoms with Crippen LogP contribution in [-0.4, -0.2) is 15.8 Å². The van der Waals surface area contributed by atoms with Crippen molar-refractivity contribution in [3.8, 4) is 6.07 Å². The van der Waals surface area contributed by atoms with Crippen molar-refractivity contribution in [1.82, 2.24) is 9.97 Å². The molecular formula is C20H21N3O. The maximum atomic E-state index is 12.7. The Kier molecular flexibility index (Phi) is 4.71. The first-order valence-electron chi connectivity index (χ1n) is 8.42. The van der Waals surface area contributed by atoms with Gasteiger partial charge in [0.1, 0.15) is 11.9 Å². The van der Waals surface area contributed by atoms with Crippen LogP contribution in [0.1, 0.15) is 54.7 Å². The second kappa shape index (κ2) is 6.92. The number of hydrogen-bond acceptors (Lipinski definition) is 4. The van der Waals surface area contributed by atoms with E-state index < -0.39 is 0 Å². The van der Waals surface area contributed by atoms with E-state index in [2.05, 4.69) is 16.0 Å². The molecule has 1 saturated carbocycles. The molecule has 0 spiro atoms. The highest BCUT2D eigenvalue weighted by molar-refractivity contribution is 5.82. The fourth-order valence-electron chi connectivity index (χ4n) is 3.77. The zero-order valence-electron chi connectivity index (χ0n) is 14.0. The molecule has 1 aliphatic rings. The number of nitrogens with zero attached hydrogens (tertiary/aromatic N) is 3. The highest BCUT2D eigenvalue weighted by Crippen LogP contribution is 2.43. The van der Waals surface area contributed by atoms with Crippen molar-refractivity contribution in [1.29, 1.82) is 5.26 Å². The molecule has 4 heteroatoms. The minimum Gasteiger partial charge on any atom is -0.299 e. The summed E-state index contributed by atoms with van der Waals surface area (Å²) in [6.45, 7) is 2.04. The summed E-state index contributed by atoms with van der Waals surface area (Å²) in [5.74, 6) is 0.421. The quantitative estimate of drug-likeness (QED) is 0.843. The summed E-state index contributed by atoms with van der Waals surface area (Å²) in [5.41, 5.74) is 2.86. The number of aromatic nitrogens is 2. The molecule has 0 unspecified atom stereocenters. The molecule has 122 valence electrons. The Balaban J connectivity index is 1.81. The van der Waals surface area contributed by atoms with Crippen molar-refractivity contribution in [3.05, 3.63) is 59.2 Å². The van der Waals surface area contributed by atoms with E-state index in [-0.39, 0.29) is 17.0 Å². The molecule has 4 nitrogen and oxygen atoms in total. The Morgan fingerprint density at radius 1 is 1.29 bits per heavy atom. The normalized spacial score (nSPS) is 15.8. The Morgan fingerprint density at radius 2 is 2.08 bits per heavy atom. The molecule has 0 radical (unpaired) electrons. The van der Waals surface area contributed by atoms with Gasteiger partial charge < -0.3 is 0 Å². The van der Waals surface area contributed by atoms with Crippen molar-refractivity contribution in [3.63, 3.8) is 0 Å². The van der Waals surface area contributed by atoms with Gasteiger partial charge in [0.2, 0.25) is 5.82 Å². The topological polar surface area (TPSA) is 66.6 Å². The molecule has 0 saturated heterocycles. The fraction of sp³-hybridized carbons (Fsp3) is 0.400. The Morgan fingerprint density at radius 3 is 2.79 bits per heavy atom. The number of carbonyl (C=O) groups excluding carboxylic acids is 1. The molecule has 1 aromatic carbocycles. The average molecular weight is 319 g/mol. The zero-order valence-corrected chi connectivity index (χ0v) is 14.0. The van der Waals surface area contributed by atoms with E-state index in [1.807, 2.05) is 37.3 Å². The summed E-state index contributed by atoms with van der Waals surface area (Å²) < 4.78 is 0. The molecule has 3 rings (SSSR count). The summed E-state index contributed by atoms with van der Waals surface area (Å²) in [6, 6.07) is 12.0. The first-order valence-corrected chi connectivity index (χ1v) is 8.42. The molecular weight excluding hydrogens is 298 g/mol. The van der Waals surface area contributed by atoms with Gasteiger partial charge in [-0.1, -0.05) is 42.7 Å².